The lowest BCUT2D eigenvalue weighted by molar-refractivity contribution is -0.137. The number of aliphatic hydroxyl groups is 1. The van der Waals surface area contributed by atoms with Crippen LogP contribution in [0.2, 0.25) is 15.1 Å². The van der Waals surface area contributed by atoms with E-state index in [0.29, 0.717) is 11.3 Å². The number of ether oxygens (including phenoxy) is 1. The van der Waals surface area contributed by atoms with Gasteiger partial charge in [-0.1, -0.05) is 46.9 Å². The van der Waals surface area contributed by atoms with E-state index < -0.39 is 11.7 Å². The van der Waals surface area contributed by atoms with Crippen LogP contribution in [0.5, 0.6) is 5.75 Å². The van der Waals surface area contributed by atoms with Crippen LogP contribution in [0.25, 0.3) is 28.6 Å². The predicted octanol–water partition coefficient (Wildman–Crippen LogP) is 6.04. The van der Waals surface area contributed by atoms with Crippen molar-refractivity contribution in [3.8, 4) is 28.7 Å². The Hall–Kier alpha value is -2.53. The molecule has 174 valence electrons. The van der Waals surface area contributed by atoms with Crippen molar-refractivity contribution in [2.24, 2.45) is 5.92 Å². The molecule has 4 rings (SSSR count). The largest absolute Gasteiger partial charge is 0.492 e. The van der Waals surface area contributed by atoms with E-state index in [1.165, 1.54) is 18.3 Å². The van der Waals surface area contributed by atoms with Gasteiger partial charge in [0.2, 0.25) is 5.82 Å². The van der Waals surface area contributed by atoms with Crippen molar-refractivity contribution in [2.45, 2.75) is 13.1 Å². The number of rotatable bonds is 6. The molecule has 0 amide bonds. The van der Waals surface area contributed by atoms with Crippen LogP contribution in [0, 0.1) is 5.92 Å². The zero-order valence-corrected chi connectivity index (χ0v) is 19.0. The normalized spacial score (nSPS) is 13.0. The zero-order valence-electron chi connectivity index (χ0n) is 16.7. The van der Waals surface area contributed by atoms with Gasteiger partial charge in [-0.3, -0.25) is 0 Å². The molecule has 1 aromatic carbocycles. The third-order valence-corrected chi connectivity index (χ3v) is 5.46. The molecule has 3 aromatic heterocycles. The van der Waals surface area contributed by atoms with Gasteiger partial charge in [0.1, 0.15) is 11.4 Å². The Bertz CT molecular complexity index is 1320. The van der Waals surface area contributed by atoms with Gasteiger partial charge in [-0.25, -0.2) is 4.98 Å². The lowest BCUT2D eigenvalue weighted by Gasteiger charge is -2.13. The third-order valence-electron chi connectivity index (χ3n) is 4.58. The van der Waals surface area contributed by atoms with Crippen LogP contribution in [0.1, 0.15) is 12.5 Å². The number of imidazole rings is 1. The van der Waals surface area contributed by atoms with Gasteiger partial charge in [-0.05, 0) is 12.1 Å². The first-order valence-corrected chi connectivity index (χ1v) is 10.5. The van der Waals surface area contributed by atoms with Gasteiger partial charge in [0.15, 0.2) is 5.65 Å². The smallest absolute Gasteiger partial charge is 0.417 e. The molecule has 0 saturated heterocycles. The number of hydrogen-bond donors (Lipinski definition) is 1. The van der Waals surface area contributed by atoms with Gasteiger partial charge in [0, 0.05) is 36.5 Å². The first-order chi connectivity index (χ1) is 15.6. The Labute approximate surface area is 199 Å². The van der Waals surface area contributed by atoms with Crippen LogP contribution in [0.15, 0.2) is 35.1 Å². The molecule has 33 heavy (non-hydrogen) atoms. The second-order valence-corrected chi connectivity index (χ2v) is 8.44. The van der Waals surface area contributed by atoms with Crippen LogP contribution in [0.4, 0.5) is 13.2 Å². The van der Waals surface area contributed by atoms with E-state index in [9.17, 15) is 13.2 Å². The van der Waals surface area contributed by atoms with Crippen LogP contribution in [0.3, 0.4) is 0 Å². The Morgan fingerprint density at radius 1 is 1.09 bits per heavy atom. The van der Waals surface area contributed by atoms with Gasteiger partial charge in [-0.15, -0.1) is 0 Å². The second kappa shape index (κ2) is 9.02. The number of benzene rings is 1. The molecule has 0 aliphatic heterocycles. The summed E-state index contributed by atoms with van der Waals surface area (Å²) in [5, 5.41) is 13.3. The first kappa shape index (κ1) is 23.6. The molecule has 0 radical (unpaired) electrons. The van der Waals surface area contributed by atoms with Crippen LogP contribution >= 0.6 is 34.8 Å². The highest BCUT2D eigenvalue weighted by Gasteiger charge is 2.32. The third kappa shape index (κ3) is 4.89. The summed E-state index contributed by atoms with van der Waals surface area (Å²) in [5.74, 6) is 0.268. The minimum Gasteiger partial charge on any atom is -0.492 e. The van der Waals surface area contributed by atoms with Crippen molar-refractivity contribution in [2.75, 3.05) is 13.2 Å². The number of aliphatic hydroxyl groups excluding tert-OH is 1. The number of pyridine rings is 1. The highest BCUT2D eigenvalue weighted by atomic mass is 35.5. The Kier molecular flexibility index (Phi) is 6.45. The van der Waals surface area contributed by atoms with E-state index in [1.807, 2.05) is 0 Å². The van der Waals surface area contributed by atoms with Crippen molar-refractivity contribution in [1.29, 1.82) is 0 Å². The summed E-state index contributed by atoms with van der Waals surface area (Å²) >= 11 is 18.6. The van der Waals surface area contributed by atoms with Gasteiger partial charge >= 0.3 is 6.18 Å². The van der Waals surface area contributed by atoms with Crippen molar-refractivity contribution < 1.29 is 27.5 Å². The number of aromatic nitrogens is 4. The number of hydrogen-bond acceptors (Lipinski definition) is 6. The lowest BCUT2D eigenvalue weighted by Crippen LogP contribution is -2.12. The van der Waals surface area contributed by atoms with Gasteiger partial charge in [-0.2, -0.15) is 18.2 Å². The molecule has 0 spiro atoms. The average Bonchev–Trinajstić information content (AvgIpc) is 3.40. The molecule has 0 aliphatic carbocycles. The van der Waals surface area contributed by atoms with E-state index >= 15 is 0 Å². The molecule has 0 saturated carbocycles. The minimum absolute atomic E-state index is 0.0408. The molecule has 1 N–H and O–H groups in total. The average molecular weight is 522 g/mol. The predicted molar refractivity (Wildman–Crippen MR) is 116 cm³/mol. The number of nitrogens with zero attached hydrogens (tertiary/aromatic N) is 4. The standard InChI is InChI=1S/C20H14Cl3F3N4O3/c1-9(7-31)8-32-16-4-12(21)11(3-13(16)22)17-28-19(33-29-17)15-6-30-5-10(20(24,25)26)2-14(23)18(30)27-15/h2-6,9,31H,7-8H2,1H3. The Balaban J connectivity index is 1.65. The maximum absolute atomic E-state index is 13.0. The minimum atomic E-state index is -4.57. The van der Waals surface area contributed by atoms with Crippen LogP contribution in [-0.4, -0.2) is 37.8 Å². The Morgan fingerprint density at radius 3 is 2.55 bits per heavy atom. The van der Waals surface area contributed by atoms with E-state index in [1.54, 1.807) is 6.92 Å². The summed E-state index contributed by atoms with van der Waals surface area (Å²) in [4.78, 5) is 8.41. The summed E-state index contributed by atoms with van der Waals surface area (Å²) < 4.78 is 51.1. The first-order valence-electron chi connectivity index (χ1n) is 9.39. The van der Waals surface area contributed by atoms with Crippen molar-refractivity contribution in [3.05, 3.63) is 51.2 Å². The van der Waals surface area contributed by atoms with Crippen molar-refractivity contribution in [1.82, 2.24) is 19.5 Å². The number of halogens is 6. The molecule has 1 unspecified atom stereocenters. The van der Waals surface area contributed by atoms with Gasteiger partial charge < -0.3 is 18.8 Å². The monoisotopic (exact) mass is 520 g/mol. The highest BCUT2D eigenvalue weighted by Crippen LogP contribution is 2.37. The molecule has 0 aliphatic rings. The summed E-state index contributed by atoms with van der Waals surface area (Å²) in [6.07, 6.45) is -2.41. The van der Waals surface area contributed by atoms with Crippen LogP contribution in [-0.2, 0) is 6.18 Å². The molecule has 0 fully saturated rings. The van der Waals surface area contributed by atoms with E-state index in [4.69, 9.17) is 49.2 Å². The lowest BCUT2D eigenvalue weighted by atomic mass is 10.2. The second-order valence-electron chi connectivity index (χ2n) is 7.22. The van der Waals surface area contributed by atoms with Crippen molar-refractivity contribution >= 4 is 40.4 Å². The SMILES string of the molecule is CC(CO)COc1cc(Cl)c(-c2noc(-c3cn4cc(C(F)(F)F)cc(Cl)c4n3)n2)cc1Cl. The van der Waals surface area contributed by atoms with Crippen molar-refractivity contribution in [3.63, 3.8) is 0 Å². The number of alkyl halides is 3. The van der Waals surface area contributed by atoms with E-state index in [0.717, 1.165) is 16.7 Å². The maximum atomic E-state index is 13.0. The molecule has 13 heteroatoms. The zero-order chi connectivity index (χ0) is 23.9. The van der Waals surface area contributed by atoms with E-state index in [2.05, 4.69) is 15.1 Å². The fourth-order valence-electron chi connectivity index (χ4n) is 2.85. The highest BCUT2D eigenvalue weighted by molar-refractivity contribution is 6.36. The number of fused-ring (bicyclic) bond motifs is 1. The molecule has 4 aromatic rings. The Morgan fingerprint density at radius 2 is 1.85 bits per heavy atom. The summed E-state index contributed by atoms with van der Waals surface area (Å²) in [7, 11) is 0. The summed E-state index contributed by atoms with van der Waals surface area (Å²) in [5.41, 5.74) is -0.359. The summed E-state index contributed by atoms with van der Waals surface area (Å²) in [6, 6.07) is 3.77. The quantitative estimate of drug-likeness (QED) is 0.333. The fourth-order valence-corrected chi connectivity index (χ4v) is 3.56. The topological polar surface area (TPSA) is 85.7 Å². The molecular formula is C20H14Cl3F3N4O3. The van der Waals surface area contributed by atoms with E-state index in [-0.39, 0.29) is 57.3 Å². The maximum Gasteiger partial charge on any atom is 0.417 e. The van der Waals surface area contributed by atoms with Crippen LogP contribution < -0.4 is 4.74 Å². The molecule has 7 nitrogen and oxygen atoms in total. The molecule has 3 heterocycles. The molecular weight excluding hydrogens is 508 g/mol. The van der Waals surface area contributed by atoms with Gasteiger partial charge in [0.05, 0.1) is 27.2 Å². The summed E-state index contributed by atoms with van der Waals surface area (Å²) in [6.45, 7) is 2.01. The molecule has 1 atom stereocenters. The fraction of sp³-hybridized carbons (Fsp3) is 0.250. The molecule has 0 bridgehead atoms. The van der Waals surface area contributed by atoms with Gasteiger partial charge in [0.25, 0.3) is 5.89 Å².